The normalized spacial score (nSPS) is 23.2. The Balaban J connectivity index is 2.66. The van der Waals surface area contributed by atoms with Gasteiger partial charge in [0.2, 0.25) is 0 Å². The van der Waals surface area contributed by atoms with Crippen molar-refractivity contribution in [1.82, 2.24) is 4.90 Å². The smallest absolute Gasteiger partial charge is 0.410 e. The predicted molar refractivity (Wildman–Crippen MR) is 76.7 cm³/mol. The number of amides is 1. The summed E-state index contributed by atoms with van der Waals surface area (Å²) < 4.78 is 24.6. The van der Waals surface area contributed by atoms with Gasteiger partial charge in [-0.15, -0.1) is 0 Å². The Morgan fingerprint density at radius 1 is 1.38 bits per heavy atom. The maximum absolute atomic E-state index is 14.7. The largest absolute Gasteiger partial charge is 0.463 e. The fourth-order valence-corrected chi connectivity index (χ4v) is 2.07. The third-order valence-electron chi connectivity index (χ3n) is 2.93. The van der Waals surface area contributed by atoms with E-state index in [9.17, 15) is 14.0 Å². The third-order valence-corrected chi connectivity index (χ3v) is 2.93. The molecule has 0 aromatic heterocycles. The molecule has 5 nitrogen and oxygen atoms in total. The summed E-state index contributed by atoms with van der Waals surface area (Å²) in [6.07, 6.45) is 2.52. The Hall–Kier alpha value is -1.59. The molecule has 0 aromatic rings. The van der Waals surface area contributed by atoms with Crippen molar-refractivity contribution < 1.29 is 23.5 Å². The highest BCUT2D eigenvalue weighted by Gasteiger charge is 2.36. The summed E-state index contributed by atoms with van der Waals surface area (Å²) in [6, 6.07) is 0. The van der Waals surface area contributed by atoms with Crippen molar-refractivity contribution >= 4 is 12.1 Å². The average Bonchev–Trinajstić information content (AvgIpc) is 2.35. The highest BCUT2D eigenvalue weighted by atomic mass is 19.1. The van der Waals surface area contributed by atoms with Gasteiger partial charge in [-0.25, -0.2) is 14.0 Å². The van der Waals surface area contributed by atoms with Crippen LogP contribution in [-0.2, 0) is 14.3 Å². The molecule has 0 aromatic carbocycles. The molecule has 1 aliphatic rings. The van der Waals surface area contributed by atoms with Crippen molar-refractivity contribution in [1.29, 1.82) is 0 Å². The SMILES string of the molecule is CCOC(=O)/C=C/C1(F)CCCN(C(=O)OC(C)(C)C)C1. The summed E-state index contributed by atoms with van der Waals surface area (Å²) >= 11 is 0. The van der Waals surface area contributed by atoms with E-state index in [-0.39, 0.29) is 19.6 Å². The molecular weight excluding hydrogens is 277 g/mol. The number of esters is 1. The molecule has 1 amide bonds. The molecule has 120 valence electrons. The highest BCUT2D eigenvalue weighted by molar-refractivity contribution is 5.82. The van der Waals surface area contributed by atoms with Crippen LogP contribution in [0.25, 0.3) is 0 Å². The van der Waals surface area contributed by atoms with E-state index in [0.717, 1.165) is 6.08 Å². The van der Waals surface area contributed by atoms with E-state index < -0.39 is 23.3 Å². The van der Waals surface area contributed by atoms with Gasteiger partial charge in [-0.2, -0.15) is 0 Å². The second-order valence-electron chi connectivity index (χ2n) is 6.13. The first-order valence-corrected chi connectivity index (χ1v) is 7.18. The molecule has 0 bridgehead atoms. The van der Waals surface area contributed by atoms with E-state index in [4.69, 9.17) is 9.47 Å². The molecule has 1 heterocycles. The van der Waals surface area contributed by atoms with Gasteiger partial charge in [-0.3, -0.25) is 0 Å². The maximum atomic E-state index is 14.7. The quantitative estimate of drug-likeness (QED) is 0.594. The molecule has 6 heteroatoms. The molecule has 1 fully saturated rings. The molecule has 0 spiro atoms. The lowest BCUT2D eigenvalue weighted by atomic mass is 9.94. The van der Waals surface area contributed by atoms with Crippen LogP contribution < -0.4 is 0 Å². The Morgan fingerprint density at radius 2 is 2.05 bits per heavy atom. The van der Waals surface area contributed by atoms with Crippen LogP contribution in [0.4, 0.5) is 9.18 Å². The summed E-state index contributed by atoms with van der Waals surface area (Å²) in [6.45, 7) is 7.55. The Kier molecular flexibility index (Phi) is 5.75. The molecule has 0 saturated carbocycles. The van der Waals surface area contributed by atoms with Crippen LogP contribution in [0.3, 0.4) is 0 Å². The first-order valence-electron chi connectivity index (χ1n) is 7.18. The number of likely N-dealkylation sites (tertiary alicyclic amines) is 1. The standard InChI is InChI=1S/C15H24FNO4/c1-5-20-12(18)7-9-15(16)8-6-10-17(11-15)13(19)21-14(2,3)4/h7,9H,5-6,8,10-11H2,1-4H3/b9-7+. The second-order valence-corrected chi connectivity index (χ2v) is 6.13. The molecule has 1 aliphatic heterocycles. The molecule has 1 rings (SSSR count). The van der Waals surface area contributed by atoms with Gasteiger partial charge in [0.1, 0.15) is 11.3 Å². The van der Waals surface area contributed by atoms with Gasteiger partial charge >= 0.3 is 12.1 Å². The van der Waals surface area contributed by atoms with Crippen molar-refractivity contribution in [3.8, 4) is 0 Å². The number of piperidine rings is 1. The van der Waals surface area contributed by atoms with Crippen molar-refractivity contribution in [2.45, 2.75) is 51.8 Å². The molecule has 1 atom stereocenters. The van der Waals surface area contributed by atoms with E-state index in [1.54, 1.807) is 27.7 Å². The number of rotatable bonds is 3. The van der Waals surface area contributed by atoms with Gasteiger partial charge < -0.3 is 14.4 Å². The monoisotopic (exact) mass is 301 g/mol. The number of carbonyl (C=O) groups is 2. The van der Waals surface area contributed by atoms with E-state index in [1.807, 2.05) is 0 Å². The molecule has 1 saturated heterocycles. The van der Waals surface area contributed by atoms with Gasteiger partial charge in [0, 0.05) is 12.6 Å². The molecule has 0 aliphatic carbocycles. The van der Waals surface area contributed by atoms with Gasteiger partial charge in [0.15, 0.2) is 0 Å². The summed E-state index contributed by atoms with van der Waals surface area (Å²) in [5.74, 6) is -0.580. The van der Waals surface area contributed by atoms with Crippen LogP contribution in [0.2, 0.25) is 0 Å². The van der Waals surface area contributed by atoms with Crippen LogP contribution in [0.15, 0.2) is 12.2 Å². The number of halogens is 1. The van der Waals surface area contributed by atoms with Crippen LogP contribution in [0, 0.1) is 0 Å². The number of carbonyl (C=O) groups excluding carboxylic acids is 2. The zero-order chi connectivity index (χ0) is 16.1. The Bertz CT molecular complexity index is 416. The Labute approximate surface area is 125 Å². The van der Waals surface area contributed by atoms with Crippen LogP contribution in [0.5, 0.6) is 0 Å². The van der Waals surface area contributed by atoms with Crippen molar-refractivity contribution in [2.75, 3.05) is 19.7 Å². The van der Waals surface area contributed by atoms with E-state index in [2.05, 4.69) is 0 Å². The Morgan fingerprint density at radius 3 is 2.62 bits per heavy atom. The fourth-order valence-electron chi connectivity index (χ4n) is 2.07. The maximum Gasteiger partial charge on any atom is 0.410 e. The lowest BCUT2D eigenvalue weighted by Gasteiger charge is -2.36. The van der Waals surface area contributed by atoms with E-state index in [1.165, 1.54) is 11.0 Å². The minimum atomic E-state index is -1.72. The summed E-state index contributed by atoms with van der Waals surface area (Å²) in [5, 5.41) is 0. The number of hydrogen-bond acceptors (Lipinski definition) is 4. The van der Waals surface area contributed by atoms with Gasteiger partial charge in [0.25, 0.3) is 0 Å². The molecule has 1 unspecified atom stereocenters. The summed E-state index contributed by atoms with van der Waals surface area (Å²) in [4.78, 5) is 24.6. The van der Waals surface area contributed by atoms with E-state index >= 15 is 0 Å². The lowest BCUT2D eigenvalue weighted by Crippen LogP contribution is -2.48. The second kappa shape index (κ2) is 6.91. The lowest BCUT2D eigenvalue weighted by molar-refractivity contribution is -0.137. The van der Waals surface area contributed by atoms with Crippen LogP contribution in [-0.4, -0.2) is 47.9 Å². The minimum Gasteiger partial charge on any atom is -0.463 e. The van der Waals surface area contributed by atoms with Gasteiger partial charge in [-0.05, 0) is 46.6 Å². The molecular formula is C15H24FNO4. The summed E-state index contributed by atoms with van der Waals surface area (Å²) in [5.41, 5.74) is -2.34. The zero-order valence-electron chi connectivity index (χ0n) is 13.1. The average molecular weight is 301 g/mol. The number of nitrogens with zero attached hydrogens (tertiary/aromatic N) is 1. The number of hydrogen-bond donors (Lipinski definition) is 0. The summed E-state index contributed by atoms with van der Waals surface area (Å²) in [7, 11) is 0. The molecule has 21 heavy (non-hydrogen) atoms. The topological polar surface area (TPSA) is 55.8 Å². The van der Waals surface area contributed by atoms with Gasteiger partial charge in [0.05, 0.1) is 13.2 Å². The van der Waals surface area contributed by atoms with Gasteiger partial charge in [-0.1, -0.05) is 0 Å². The number of alkyl halides is 1. The molecule has 0 N–H and O–H groups in total. The third kappa shape index (κ3) is 6.14. The highest BCUT2D eigenvalue weighted by Crippen LogP contribution is 2.27. The minimum absolute atomic E-state index is 0.113. The van der Waals surface area contributed by atoms with Crippen molar-refractivity contribution in [2.24, 2.45) is 0 Å². The van der Waals surface area contributed by atoms with E-state index in [0.29, 0.717) is 13.0 Å². The predicted octanol–water partition coefficient (Wildman–Crippen LogP) is 2.84. The first kappa shape index (κ1) is 17.5. The first-order chi connectivity index (χ1) is 9.65. The van der Waals surface area contributed by atoms with Crippen molar-refractivity contribution in [3.05, 3.63) is 12.2 Å². The molecule has 0 radical (unpaired) electrons. The van der Waals surface area contributed by atoms with Crippen LogP contribution in [0.1, 0.15) is 40.5 Å². The van der Waals surface area contributed by atoms with Crippen molar-refractivity contribution in [3.63, 3.8) is 0 Å². The fraction of sp³-hybridized carbons (Fsp3) is 0.733. The zero-order valence-corrected chi connectivity index (χ0v) is 13.1. The number of ether oxygens (including phenoxy) is 2. The van der Waals surface area contributed by atoms with Crippen LogP contribution >= 0.6 is 0 Å².